The quantitative estimate of drug-likeness (QED) is 0.550. The highest BCUT2D eigenvalue weighted by molar-refractivity contribution is 6.32. The van der Waals surface area contributed by atoms with Crippen molar-refractivity contribution in [2.75, 3.05) is 39.9 Å². The third kappa shape index (κ3) is 4.98. The summed E-state index contributed by atoms with van der Waals surface area (Å²) in [5.41, 5.74) is 2.24. The number of para-hydroxylation sites is 1. The maximum atomic E-state index is 12.9. The molecule has 1 aliphatic heterocycles. The van der Waals surface area contributed by atoms with Crippen LogP contribution >= 0.6 is 11.6 Å². The lowest BCUT2D eigenvalue weighted by Gasteiger charge is -2.34. The van der Waals surface area contributed by atoms with Crippen molar-refractivity contribution in [1.82, 2.24) is 14.8 Å². The lowest BCUT2D eigenvalue weighted by atomic mass is 10.1. The molecule has 1 fully saturated rings. The van der Waals surface area contributed by atoms with Crippen LogP contribution in [0.2, 0.25) is 5.02 Å². The standard InChI is InChI=1S/C25H26ClN3O4/c1-3-33-22-15-17(14-19(26)24(22)32-2)8-9-23(30)28-10-12-29(13-11-28)25(31)21-16-18-6-4-5-7-20(18)27-21/h4-9,14-16,27H,3,10-13H2,1-2H3/b9-8+. The highest BCUT2D eigenvalue weighted by Gasteiger charge is 2.25. The number of fused-ring (bicyclic) bond motifs is 1. The third-order valence-electron chi connectivity index (χ3n) is 5.59. The molecule has 0 radical (unpaired) electrons. The van der Waals surface area contributed by atoms with E-state index in [0.717, 1.165) is 16.5 Å². The lowest BCUT2D eigenvalue weighted by molar-refractivity contribution is -0.127. The van der Waals surface area contributed by atoms with Crippen molar-refractivity contribution in [2.24, 2.45) is 0 Å². The van der Waals surface area contributed by atoms with E-state index in [-0.39, 0.29) is 11.8 Å². The van der Waals surface area contributed by atoms with E-state index >= 15 is 0 Å². The van der Waals surface area contributed by atoms with Gasteiger partial charge in [-0.05, 0) is 42.8 Å². The number of amides is 2. The first-order valence-corrected chi connectivity index (χ1v) is 11.2. The van der Waals surface area contributed by atoms with Crippen LogP contribution in [0.25, 0.3) is 17.0 Å². The second-order valence-corrected chi connectivity index (χ2v) is 8.10. The minimum Gasteiger partial charge on any atom is -0.491 e. The van der Waals surface area contributed by atoms with Crippen molar-refractivity contribution in [3.8, 4) is 11.5 Å². The van der Waals surface area contributed by atoms with E-state index in [1.165, 1.54) is 13.2 Å². The lowest BCUT2D eigenvalue weighted by Crippen LogP contribution is -2.50. The molecule has 33 heavy (non-hydrogen) atoms. The fourth-order valence-electron chi connectivity index (χ4n) is 3.91. The van der Waals surface area contributed by atoms with Crippen LogP contribution < -0.4 is 9.47 Å². The van der Waals surface area contributed by atoms with Crippen LogP contribution in [0.15, 0.2) is 48.5 Å². The van der Waals surface area contributed by atoms with Crippen molar-refractivity contribution >= 4 is 40.4 Å². The van der Waals surface area contributed by atoms with Crippen LogP contribution in [0, 0.1) is 0 Å². The van der Waals surface area contributed by atoms with Gasteiger partial charge in [0.25, 0.3) is 5.91 Å². The van der Waals surface area contributed by atoms with Gasteiger partial charge in [0.1, 0.15) is 5.69 Å². The fourth-order valence-corrected chi connectivity index (χ4v) is 4.20. The zero-order chi connectivity index (χ0) is 23.4. The number of carbonyl (C=O) groups excluding carboxylic acids is 2. The zero-order valence-electron chi connectivity index (χ0n) is 18.6. The number of hydrogen-bond acceptors (Lipinski definition) is 4. The largest absolute Gasteiger partial charge is 0.491 e. The summed E-state index contributed by atoms with van der Waals surface area (Å²) in [4.78, 5) is 32.3. The average Bonchev–Trinajstić information content (AvgIpc) is 3.27. The molecule has 1 N–H and O–H groups in total. The molecule has 7 nitrogen and oxygen atoms in total. The second-order valence-electron chi connectivity index (χ2n) is 7.69. The molecule has 2 heterocycles. The summed E-state index contributed by atoms with van der Waals surface area (Å²) in [6.07, 6.45) is 3.22. The van der Waals surface area contributed by atoms with Gasteiger partial charge in [0, 0.05) is 43.2 Å². The maximum absolute atomic E-state index is 12.9. The highest BCUT2D eigenvalue weighted by atomic mass is 35.5. The maximum Gasteiger partial charge on any atom is 0.270 e. The van der Waals surface area contributed by atoms with E-state index in [9.17, 15) is 9.59 Å². The number of nitrogens with zero attached hydrogens (tertiary/aromatic N) is 2. The molecular weight excluding hydrogens is 442 g/mol. The molecule has 2 aromatic carbocycles. The zero-order valence-corrected chi connectivity index (χ0v) is 19.4. The van der Waals surface area contributed by atoms with Gasteiger partial charge in [-0.2, -0.15) is 0 Å². The number of nitrogens with one attached hydrogen (secondary N) is 1. The van der Waals surface area contributed by atoms with Crippen molar-refractivity contribution in [1.29, 1.82) is 0 Å². The number of ether oxygens (including phenoxy) is 2. The summed E-state index contributed by atoms with van der Waals surface area (Å²) in [5.74, 6) is 0.837. The minimum absolute atomic E-state index is 0.0508. The Morgan fingerprint density at radius 3 is 2.52 bits per heavy atom. The summed E-state index contributed by atoms with van der Waals surface area (Å²) >= 11 is 6.28. The Kier molecular flexibility index (Phi) is 6.89. The first-order chi connectivity index (χ1) is 16.0. The number of rotatable bonds is 6. The molecule has 172 valence electrons. The smallest absolute Gasteiger partial charge is 0.270 e. The van der Waals surface area contributed by atoms with Crippen LogP contribution in [0.5, 0.6) is 11.5 Å². The van der Waals surface area contributed by atoms with Gasteiger partial charge in [0.15, 0.2) is 11.5 Å². The molecule has 3 aromatic rings. The molecule has 1 aromatic heterocycles. The van der Waals surface area contributed by atoms with Gasteiger partial charge in [-0.1, -0.05) is 29.8 Å². The predicted octanol–water partition coefficient (Wildman–Crippen LogP) is 4.23. The molecule has 4 rings (SSSR count). The minimum atomic E-state index is -0.113. The van der Waals surface area contributed by atoms with E-state index in [2.05, 4.69) is 4.98 Å². The van der Waals surface area contributed by atoms with Crippen LogP contribution in [0.1, 0.15) is 23.0 Å². The summed E-state index contributed by atoms with van der Waals surface area (Å²) in [5, 5.41) is 1.42. The van der Waals surface area contributed by atoms with Gasteiger partial charge in [-0.25, -0.2) is 0 Å². The molecule has 1 aliphatic rings. The summed E-state index contributed by atoms with van der Waals surface area (Å²) in [7, 11) is 1.53. The molecule has 0 spiro atoms. The normalized spacial score (nSPS) is 14.2. The summed E-state index contributed by atoms with van der Waals surface area (Å²) in [6, 6.07) is 13.2. The second kappa shape index (κ2) is 10.0. The molecule has 0 bridgehead atoms. The van der Waals surface area contributed by atoms with Crippen LogP contribution in [-0.4, -0.2) is 66.5 Å². The molecular formula is C25H26ClN3O4. The van der Waals surface area contributed by atoms with E-state index < -0.39 is 0 Å². The van der Waals surface area contributed by atoms with Crippen LogP contribution in [0.4, 0.5) is 0 Å². The predicted molar refractivity (Wildman–Crippen MR) is 129 cm³/mol. The Hall–Kier alpha value is -3.45. The molecule has 2 amide bonds. The van der Waals surface area contributed by atoms with E-state index in [0.29, 0.717) is 55.0 Å². The Balaban J connectivity index is 1.37. The highest BCUT2D eigenvalue weighted by Crippen LogP contribution is 2.36. The van der Waals surface area contributed by atoms with E-state index in [1.807, 2.05) is 37.3 Å². The Morgan fingerprint density at radius 1 is 1.09 bits per heavy atom. The van der Waals surface area contributed by atoms with Crippen LogP contribution in [-0.2, 0) is 4.79 Å². The van der Waals surface area contributed by atoms with Crippen molar-refractivity contribution in [2.45, 2.75) is 6.92 Å². The van der Waals surface area contributed by atoms with Gasteiger partial charge in [0.2, 0.25) is 5.91 Å². The fraction of sp³-hybridized carbons (Fsp3) is 0.280. The number of aromatic amines is 1. The van der Waals surface area contributed by atoms with Gasteiger partial charge < -0.3 is 24.3 Å². The molecule has 0 atom stereocenters. The van der Waals surface area contributed by atoms with E-state index in [4.69, 9.17) is 21.1 Å². The van der Waals surface area contributed by atoms with Gasteiger partial charge in [-0.3, -0.25) is 9.59 Å². The van der Waals surface area contributed by atoms with Crippen molar-refractivity contribution in [3.05, 3.63) is 64.8 Å². The Morgan fingerprint density at radius 2 is 1.82 bits per heavy atom. The number of hydrogen-bond donors (Lipinski definition) is 1. The molecule has 1 saturated heterocycles. The SMILES string of the molecule is CCOc1cc(/C=C/C(=O)N2CCN(C(=O)c3cc4ccccc4[nH]3)CC2)cc(Cl)c1OC. The number of halogens is 1. The number of benzene rings is 2. The number of piperazine rings is 1. The third-order valence-corrected chi connectivity index (χ3v) is 5.87. The summed E-state index contributed by atoms with van der Waals surface area (Å²) < 4.78 is 10.9. The van der Waals surface area contributed by atoms with Gasteiger partial charge in [0.05, 0.1) is 18.7 Å². The van der Waals surface area contributed by atoms with Crippen molar-refractivity contribution in [3.63, 3.8) is 0 Å². The molecule has 0 aliphatic carbocycles. The Bertz CT molecular complexity index is 1160. The van der Waals surface area contributed by atoms with Crippen molar-refractivity contribution < 1.29 is 19.1 Å². The first kappa shape index (κ1) is 22.7. The monoisotopic (exact) mass is 467 g/mol. The van der Waals surface area contributed by atoms with Gasteiger partial charge in [-0.15, -0.1) is 0 Å². The van der Waals surface area contributed by atoms with E-state index in [1.54, 1.807) is 28.0 Å². The Labute approximate surface area is 197 Å². The number of methoxy groups -OCH3 is 1. The summed E-state index contributed by atoms with van der Waals surface area (Å²) in [6.45, 7) is 4.26. The number of aromatic nitrogens is 1. The first-order valence-electron chi connectivity index (χ1n) is 10.8. The topological polar surface area (TPSA) is 74.9 Å². The molecule has 8 heteroatoms. The number of H-pyrrole nitrogens is 1. The molecule has 0 saturated carbocycles. The molecule has 0 unspecified atom stereocenters. The number of carbonyl (C=O) groups is 2. The van der Waals surface area contributed by atoms with Gasteiger partial charge >= 0.3 is 0 Å². The average molecular weight is 468 g/mol. The van der Waals surface area contributed by atoms with Crippen LogP contribution in [0.3, 0.4) is 0 Å².